The van der Waals surface area contributed by atoms with Crippen molar-refractivity contribution in [1.29, 1.82) is 0 Å². The number of nitrogens with one attached hydrogen (secondary N) is 1. The molecule has 0 spiro atoms. The Labute approximate surface area is 365 Å². The van der Waals surface area contributed by atoms with Gasteiger partial charge in [0.2, 0.25) is 0 Å². The fourth-order valence-corrected chi connectivity index (χ4v) is 6.20. The van der Waals surface area contributed by atoms with E-state index in [1.807, 2.05) is 114 Å². The molecule has 0 saturated carbocycles. The number of hydrogen-bond donors (Lipinski definition) is 2. The first-order chi connectivity index (χ1) is 28.1. The molecule has 3 fully saturated rings. The normalized spacial score (nSPS) is 19.9. The van der Waals surface area contributed by atoms with Crippen LogP contribution in [0.25, 0.3) is 0 Å². The van der Waals surface area contributed by atoms with Crippen molar-refractivity contribution >= 4 is 72.3 Å². The Morgan fingerprint density at radius 2 is 0.836 bits per heavy atom. The molecule has 1 aromatic heterocycles. The molecule has 0 bridgehead atoms. The summed E-state index contributed by atoms with van der Waals surface area (Å²) in [6.07, 6.45) is 1.67. The number of pyridine rings is 1. The van der Waals surface area contributed by atoms with Gasteiger partial charge >= 0.3 is 27.3 Å². The van der Waals surface area contributed by atoms with Gasteiger partial charge in [0.15, 0.2) is 0 Å². The molecule has 3 saturated heterocycles. The molecule has 4 heterocycles. The maximum absolute atomic E-state index is 12.4. The number of benzene rings is 3. The summed E-state index contributed by atoms with van der Waals surface area (Å²) >= 11 is 5.40. The second kappa shape index (κ2) is 17.8. The first-order valence-electron chi connectivity index (χ1n) is 20.2. The highest BCUT2D eigenvalue weighted by Crippen LogP contribution is 2.38. The van der Waals surface area contributed by atoms with E-state index in [0.717, 1.165) is 22.0 Å². The number of carbonyl (C=O) groups excluding carboxylic acids is 2. The van der Waals surface area contributed by atoms with Gasteiger partial charge in [-0.05, 0) is 160 Å². The maximum atomic E-state index is 12.4. The molecular weight excluding hydrogens is 796 g/mol. The van der Waals surface area contributed by atoms with Gasteiger partial charge < -0.3 is 38.3 Å². The maximum Gasteiger partial charge on any atom is 0.494 e. The van der Waals surface area contributed by atoms with Gasteiger partial charge in [0.1, 0.15) is 5.82 Å². The summed E-state index contributed by atoms with van der Waals surface area (Å²) in [6.45, 7) is 26.0. The molecule has 322 valence electrons. The number of rotatable bonds is 7. The molecule has 0 atom stereocenters. The third-order valence-corrected chi connectivity index (χ3v) is 12.4. The Hall–Kier alpha value is -4.34. The molecule has 2 N–H and O–H groups in total. The van der Waals surface area contributed by atoms with Gasteiger partial charge in [-0.2, -0.15) is 0 Å². The Morgan fingerprint density at radius 3 is 1.13 bits per heavy atom. The molecule has 0 radical (unpaired) electrons. The van der Waals surface area contributed by atoms with Crippen molar-refractivity contribution in [3.63, 3.8) is 0 Å². The zero-order valence-corrected chi connectivity index (χ0v) is 38.1. The van der Waals surface area contributed by atoms with Crippen LogP contribution >= 0.6 is 11.6 Å². The number of carboxylic acids is 1. The monoisotopic (exact) mass is 852 g/mol. The largest absolute Gasteiger partial charge is 0.494 e. The van der Waals surface area contributed by atoms with E-state index in [1.165, 1.54) is 0 Å². The Bertz CT molecular complexity index is 2080. The SMILES string of the molecule is CC1(C)OB(c2ccc(C(=O)Cl)cc2)OC1(C)C.CC1(C)OB(c2ccc(C(=O)O)cc2)OC1(C)C.Cc1ccnc(NC(=O)c2ccc(B3OC(C)(C)C(C)(C)O3)cc2)c1. The van der Waals surface area contributed by atoms with Crippen LogP contribution < -0.4 is 21.7 Å². The molecule has 4 aromatic rings. The summed E-state index contributed by atoms with van der Waals surface area (Å²) in [7, 11) is -1.28. The van der Waals surface area contributed by atoms with Gasteiger partial charge in [0, 0.05) is 17.3 Å². The van der Waals surface area contributed by atoms with Crippen LogP contribution in [0, 0.1) is 6.92 Å². The van der Waals surface area contributed by atoms with Crippen LogP contribution in [0.4, 0.5) is 5.82 Å². The second-order valence-corrected chi connectivity index (χ2v) is 18.7. The van der Waals surface area contributed by atoms with Crippen LogP contribution in [0.1, 0.15) is 120 Å². The summed E-state index contributed by atoms with van der Waals surface area (Å²) in [5.41, 5.74) is 2.67. The fourth-order valence-electron chi connectivity index (χ4n) is 6.08. The average molecular weight is 853 g/mol. The minimum absolute atomic E-state index is 0.196. The lowest BCUT2D eigenvalue weighted by Crippen LogP contribution is -2.41. The molecule has 1 amide bonds. The highest BCUT2D eigenvalue weighted by molar-refractivity contribution is 6.68. The van der Waals surface area contributed by atoms with Gasteiger partial charge in [-0.3, -0.25) is 9.59 Å². The van der Waals surface area contributed by atoms with E-state index in [9.17, 15) is 14.4 Å². The second-order valence-electron chi connectivity index (χ2n) is 18.4. The smallest absolute Gasteiger partial charge is 0.478 e. The standard InChI is InChI=1S/C19H23BN2O3.C13H16BClO3.C13H17BO4/c1-13-10-11-21-16(12-13)22-17(23)14-6-8-15(9-7-14)20-24-18(2,3)19(4,5)25-20;2*1-12(2)13(3,4)18-14(17-12)10-7-5-9(6-8-10)11(15)16/h6-12H,1-5H3,(H,21,22,23);5-8H,1-4H3;5-8H,1-4H3,(H,15,16). The number of nitrogens with zero attached hydrogens (tertiary/aromatic N) is 1. The van der Waals surface area contributed by atoms with Crippen LogP contribution in [0.5, 0.6) is 0 Å². The van der Waals surface area contributed by atoms with E-state index in [2.05, 4.69) is 10.3 Å². The predicted molar refractivity (Wildman–Crippen MR) is 241 cm³/mol. The van der Waals surface area contributed by atoms with Crippen molar-refractivity contribution in [2.24, 2.45) is 0 Å². The van der Waals surface area contributed by atoms with Crippen molar-refractivity contribution in [2.45, 2.75) is 124 Å². The first-order valence-corrected chi connectivity index (χ1v) is 20.6. The minimum Gasteiger partial charge on any atom is -0.478 e. The lowest BCUT2D eigenvalue weighted by molar-refractivity contribution is 0.00578. The molecule has 12 nitrogen and oxygen atoms in total. The number of halogens is 1. The van der Waals surface area contributed by atoms with E-state index < -0.39 is 32.6 Å². The number of carbonyl (C=O) groups is 3. The summed E-state index contributed by atoms with van der Waals surface area (Å²) in [4.78, 5) is 38.3. The number of amides is 1. The van der Waals surface area contributed by atoms with Crippen LogP contribution in [0.3, 0.4) is 0 Å². The van der Waals surface area contributed by atoms with E-state index in [0.29, 0.717) is 16.9 Å². The number of hydrogen-bond acceptors (Lipinski definition) is 10. The van der Waals surface area contributed by atoms with Gasteiger partial charge in [-0.25, -0.2) is 9.78 Å². The van der Waals surface area contributed by atoms with E-state index >= 15 is 0 Å². The molecule has 3 aliphatic rings. The number of aromatic carboxylic acids is 1. The number of aromatic nitrogens is 1. The highest BCUT2D eigenvalue weighted by atomic mass is 35.5. The zero-order chi connectivity index (χ0) is 45.3. The lowest BCUT2D eigenvalue weighted by atomic mass is 9.79. The summed E-state index contributed by atoms with van der Waals surface area (Å²) < 4.78 is 35.6. The highest BCUT2D eigenvalue weighted by Gasteiger charge is 2.53. The predicted octanol–water partition coefficient (Wildman–Crippen LogP) is 6.99. The Morgan fingerprint density at radius 1 is 0.525 bits per heavy atom. The average Bonchev–Trinajstić information content (AvgIpc) is 3.64. The zero-order valence-electron chi connectivity index (χ0n) is 37.3. The van der Waals surface area contributed by atoms with Crippen molar-refractivity contribution in [3.8, 4) is 0 Å². The van der Waals surface area contributed by atoms with Gasteiger partial charge in [-0.15, -0.1) is 0 Å². The number of carboxylic acid groups (broad SMARTS) is 1. The van der Waals surface area contributed by atoms with Crippen LogP contribution in [0.15, 0.2) is 91.1 Å². The molecule has 61 heavy (non-hydrogen) atoms. The molecule has 0 aliphatic carbocycles. The van der Waals surface area contributed by atoms with Crippen LogP contribution in [-0.2, 0) is 27.9 Å². The number of anilines is 1. The van der Waals surface area contributed by atoms with Gasteiger partial charge in [0.05, 0.1) is 39.2 Å². The first kappa shape index (κ1) is 47.7. The fraction of sp³-hybridized carbons (Fsp3) is 0.422. The molecular formula is C45H56B3ClN2O10. The van der Waals surface area contributed by atoms with Crippen molar-refractivity contribution in [3.05, 3.63) is 113 Å². The summed E-state index contributed by atoms with van der Waals surface area (Å²) in [5.74, 6) is -0.589. The lowest BCUT2D eigenvalue weighted by Gasteiger charge is -2.32. The number of aryl methyl sites for hydroxylation is 1. The summed E-state index contributed by atoms with van der Waals surface area (Å²) in [6, 6.07) is 24.5. The Balaban J connectivity index is 0.000000177. The molecule has 3 aliphatic heterocycles. The van der Waals surface area contributed by atoms with Crippen LogP contribution in [-0.4, -0.2) is 82.2 Å². The van der Waals surface area contributed by atoms with Gasteiger partial charge in [0.25, 0.3) is 11.1 Å². The Kier molecular flexibility index (Phi) is 13.9. The molecule has 3 aromatic carbocycles. The van der Waals surface area contributed by atoms with Crippen molar-refractivity contribution in [2.75, 3.05) is 5.32 Å². The van der Waals surface area contributed by atoms with Crippen LogP contribution in [0.2, 0.25) is 0 Å². The third-order valence-electron chi connectivity index (χ3n) is 12.2. The van der Waals surface area contributed by atoms with Crippen molar-refractivity contribution in [1.82, 2.24) is 4.98 Å². The third kappa shape index (κ3) is 11.0. The van der Waals surface area contributed by atoms with E-state index in [4.69, 9.17) is 44.6 Å². The quantitative estimate of drug-likeness (QED) is 0.146. The molecule has 0 unspecified atom stereocenters. The topological polar surface area (TPSA) is 152 Å². The van der Waals surface area contributed by atoms with E-state index in [1.54, 1.807) is 66.9 Å². The molecule has 7 rings (SSSR count). The van der Waals surface area contributed by atoms with E-state index in [-0.39, 0.29) is 45.1 Å². The minimum atomic E-state index is -0.935. The van der Waals surface area contributed by atoms with Gasteiger partial charge in [-0.1, -0.05) is 48.5 Å². The van der Waals surface area contributed by atoms with Crippen molar-refractivity contribution < 1.29 is 47.4 Å². The molecule has 16 heteroatoms. The summed E-state index contributed by atoms with van der Waals surface area (Å²) in [5, 5.41) is 11.2.